The van der Waals surface area contributed by atoms with E-state index in [0.717, 1.165) is 0 Å². The molecule has 0 aliphatic rings. The highest BCUT2D eigenvalue weighted by Crippen LogP contribution is 2.48. The summed E-state index contributed by atoms with van der Waals surface area (Å²) in [6, 6.07) is 0. The number of hydrogen-bond donors (Lipinski definition) is 1. The molecule has 0 rings (SSSR count). The van der Waals surface area contributed by atoms with Crippen molar-refractivity contribution < 1.29 is 28.3 Å². The minimum Gasteiger partial charge on any atom is -0.466 e. The van der Waals surface area contributed by atoms with Crippen molar-refractivity contribution in [3.8, 4) is 0 Å². The van der Waals surface area contributed by atoms with Crippen LogP contribution in [-0.4, -0.2) is 43.7 Å². The van der Waals surface area contributed by atoms with Crippen molar-refractivity contribution in [1.29, 1.82) is 0 Å². The second-order valence-electron chi connectivity index (χ2n) is 3.22. The van der Waals surface area contributed by atoms with Gasteiger partial charge in [0.05, 0.1) is 32.4 Å². The van der Waals surface area contributed by atoms with Crippen molar-refractivity contribution in [2.24, 2.45) is 0 Å². The Hall–Kier alpha value is -0.420. The molecule has 0 heterocycles. The number of aliphatic hydroxyl groups is 1. The van der Waals surface area contributed by atoms with Crippen molar-refractivity contribution >= 4 is 13.6 Å². The molecule has 0 spiro atoms. The van der Waals surface area contributed by atoms with E-state index in [2.05, 4.69) is 0 Å². The Labute approximate surface area is 102 Å². The summed E-state index contributed by atoms with van der Waals surface area (Å²) >= 11 is 0. The van der Waals surface area contributed by atoms with E-state index in [0.29, 0.717) is 6.42 Å². The number of hydrogen-bond acceptors (Lipinski definition) is 6. The molecule has 0 aliphatic carbocycles. The van der Waals surface area contributed by atoms with Crippen molar-refractivity contribution in [3.05, 3.63) is 0 Å². The Morgan fingerprint density at radius 2 is 1.82 bits per heavy atom. The van der Waals surface area contributed by atoms with Gasteiger partial charge in [0, 0.05) is 13.0 Å². The fourth-order valence-electron chi connectivity index (χ4n) is 1.11. The summed E-state index contributed by atoms with van der Waals surface area (Å²) in [6.45, 7) is 4.12. The highest BCUT2D eigenvalue weighted by Gasteiger charge is 2.24. The molecular weight excluding hydrogens is 247 g/mol. The maximum atomic E-state index is 12.0. The van der Waals surface area contributed by atoms with Gasteiger partial charge < -0.3 is 18.9 Å². The maximum Gasteiger partial charge on any atom is 0.331 e. The van der Waals surface area contributed by atoms with Gasteiger partial charge in [-0.15, -0.1) is 0 Å². The predicted octanol–water partition coefficient (Wildman–Crippen LogP) is 1.57. The molecule has 0 atom stereocenters. The van der Waals surface area contributed by atoms with E-state index in [1.54, 1.807) is 13.8 Å². The van der Waals surface area contributed by atoms with Gasteiger partial charge >= 0.3 is 13.6 Å². The monoisotopic (exact) mass is 268 g/mol. The minimum absolute atomic E-state index is 0.0112. The molecule has 7 heteroatoms. The molecule has 0 bridgehead atoms. The van der Waals surface area contributed by atoms with Crippen LogP contribution in [0, 0.1) is 0 Å². The largest absolute Gasteiger partial charge is 0.466 e. The second kappa shape index (κ2) is 9.59. The number of carbonyl (C=O) groups is 1. The third kappa shape index (κ3) is 8.32. The van der Waals surface area contributed by atoms with Crippen LogP contribution in [-0.2, 0) is 23.1 Å². The van der Waals surface area contributed by atoms with E-state index in [1.807, 2.05) is 0 Å². The van der Waals surface area contributed by atoms with Gasteiger partial charge in [-0.05, 0) is 13.8 Å². The van der Waals surface area contributed by atoms with Crippen LogP contribution in [0.1, 0.15) is 26.7 Å². The molecule has 0 aliphatic heterocycles. The zero-order chi connectivity index (χ0) is 13.1. The van der Waals surface area contributed by atoms with Crippen LogP contribution in [0.4, 0.5) is 0 Å². The lowest BCUT2D eigenvalue weighted by Gasteiger charge is -2.16. The first kappa shape index (κ1) is 16.6. The molecule has 0 saturated carbocycles. The van der Waals surface area contributed by atoms with Crippen LogP contribution in [0.3, 0.4) is 0 Å². The molecule has 6 nitrogen and oxygen atoms in total. The van der Waals surface area contributed by atoms with Crippen LogP contribution >= 0.6 is 7.60 Å². The standard InChI is InChI=1S/C10H21O6P/c1-3-15-17(13,16-4-2)9-6-10(12)14-8-5-7-11/h11H,3-9H2,1-2H3. The van der Waals surface area contributed by atoms with Gasteiger partial charge in [0.1, 0.15) is 0 Å². The van der Waals surface area contributed by atoms with Crippen LogP contribution in [0.5, 0.6) is 0 Å². The Morgan fingerprint density at radius 1 is 1.24 bits per heavy atom. The molecule has 0 saturated heterocycles. The maximum absolute atomic E-state index is 12.0. The minimum atomic E-state index is -3.16. The summed E-state index contributed by atoms with van der Waals surface area (Å²) in [6.07, 6.45) is 0.412. The van der Waals surface area contributed by atoms with E-state index in [-0.39, 0.29) is 39.0 Å². The molecule has 0 aromatic rings. The van der Waals surface area contributed by atoms with Crippen molar-refractivity contribution in [1.82, 2.24) is 0 Å². The molecule has 17 heavy (non-hydrogen) atoms. The van der Waals surface area contributed by atoms with Crippen LogP contribution in [0.25, 0.3) is 0 Å². The zero-order valence-corrected chi connectivity index (χ0v) is 11.3. The third-order valence-corrected chi connectivity index (χ3v) is 3.88. The van der Waals surface area contributed by atoms with Crippen molar-refractivity contribution in [2.45, 2.75) is 26.7 Å². The first-order valence-electron chi connectivity index (χ1n) is 5.72. The summed E-state index contributed by atoms with van der Waals surface area (Å²) in [5.41, 5.74) is 0. The van der Waals surface area contributed by atoms with Gasteiger partial charge in [0.15, 0.2) is 0 Å². The average Bonchev–Trinajstić information content (AvgIpc) is 2.28. The van der Waals surface area contributed by atoms with Gasteiger partial charge in [-0.2, -0.15) is 0 Å². The Balaban J connectivity index is 3.95. The fraction of sp³-hybridized carbons (Fsp3) is 0.900. The molecule has 102 valence electrons. The topological polar surface area (TPSA) is 82.1 Å². The lowest BCUT2D eigenvalue weighted by molar-refractivity contribution is -0.143. The number of esters is 1. The third-order valence-electron chi connectivity index (χ3n) is 1.81. The molecule has 0 fully saturated rings. The highest BCUT2D eigenvalue weighted by atomic mass is 31.2. The zero-order valence-electron chi connectivity index (χ0n) is 10.4. The molecular formula is C10H21O6P. The summed E-state index contributed by atoms with van der Waals surface area (Å²) in [5.74, 6) is -0.460. The van der Waals surface area contributed by atoms with E-state index in [9.17, 15) is 9.36 Å². The summed E-state index contributed by atoms with van der Waals surface area (Å²) in [5, 5.41) is 8.50. The number of carbonyl (C=O) groups excluding carboxylic acids is 1. The van der Waals surface area contributed by atoms with Gasteiger partial charge in [0.25, 0.3) is 0 Å². The Morgan fingerprint density at radius 3 is 2.29 bits per heavy atom. The van der Waals surface area contributed by atoms with Crippen molar-refractivity contribution in [2.75, 3.05) is 32.6 Å². The van der Waals surface area contributed by atoms with Crippen LogP contribution in [0.15, 0.2) is 0 Å². The lowest BCUT2D eigenvalue weighted by Crippen LogP contribution is -2.10. The first-order valence-corrected chi connectivity index (χ1v) is 7.45. The lowest BCUT2D eigenvalue weighted by atomic mass is 10.5. The molecule has 0 aromatic heterocycles. The van der Waals surface area contributed by atoms with Gasteiger partial charge in [0.2, 0.25) is 0 Å². The number of rotatable bonds is 10. The predicted molar refractivity (Wildman–Crippen MR) is 63.0 cm³/mol. The van der Waals surface area contributed by atoms with E-state index in [1.165, 1.54) is 0 Å². The van der Waals surface area contributed by atoms with Gasteiger partial charge in [-0.25, -0.2) is 0 Å². The summed E-state index contributed by atoms with van der Waals surface area (Å²) in [7, 11) is -3.16. The highest BCUT2D eigenvalue weighted by molar-refractivity contribution is 7.53. The smallest absolute Gasteiger partial charge is 0.331 e. The average molecular weight is 268 g/mol. The normalized spacial score (nSPS) is 11.5. The van der Waals surface area contributed by atoms with Gasteiger partial charge in [-0.1, -0.05) is 0 Å². The molecule has 0 amide bonds. The Kier molecular flexibility index (Phi) is 9.36. The summed E-state index contributed by atoms with van der Waals surface area (Å²) in [4.78, 5) is 11.2. The van der Waals surface area contributed by atoms with E-state index < -0.39 is 13.6 Å². The number of ether oxygens (including phenoxy) is 1. The van der Waals surface area contributed by atoms with E-state index in [4.69, 9.17) is 18.9 Å². The van der Waals surface area contributed by atoms with E-state index >= 15 is 0 Å². The SMILES string of the molecule is CCOP(=O)(CCC(=O)OCCCO)OCC. The molecule has 0 radical (unpaired) electrons. The number of aliphatic hydroxyl groups excluding tert-OH is 1. The molecule has 0 aromatic carbocycles. The fourth-order valence-corrected chi connectivity index (χ4v) is 2.69. The Bertz CT molecular complexity index is 245. The summed E-state index contributed by atoms with van der Waals surface area (Å²) < 4.78 is 26.8. The van der Waals surface area contributed by atoms with Crippen LogP contribution in [0.2, 0.25) is 0 Å². The second-order valence-corrected chi connectivity index (χ2v) is 5.40. The van der Waals surface area contributed by atoms with Crippen LogP contribution < -0.4 is 0 Å². The van der Waals surface area contributed by atoms with Gasteiger partial charge in [-0.3, -0.25) is 9.36 Å². The first-order chi connectivity index (χ1) is 8.08. The molecule has 1 N–H and O–H groups in total. The van der Waals surface area contributed by atoms with Crippen molar-refractivity contribution in [3.63, 3.8) is 0 Å². The quantitative estimate of drug-likeness (QED) is 0.368. The molecule has 0 unspecified atom stereocenters.